The topological polar surface area (TPSA) is 71.1 Å². The van der Waals surface area contributed by atoms with E-state index in [4.69, 9.17) is 10.1 Å². The van der Waals surface area contributed by atoms with Crippen LogP contribution in [-0.2, 0) is 12.8 Å². The number of rotatable bonds is 4. The summed E-state index contributed by atoms with van der Waals surface area (Å²) in [5.41, 5.74) is 1.63. The molecule has 0 spiro atoms. The summed E-state index contributed by atoms with van der Waals surface area (Å²) < 4.78 is 6.52. The number of aromatic nitrogens is 2. The standard InChI is InChI=1S/C12H19N3O2/c1-2-3-8-17-11-9-6-4-5-7-10(9)15(16)12(13)14-11/h13,16H,2-8H2,1H3. The van der Waals surface area contributed by atoms with E-state index in [0.717, 1.165) is 54.5 Å². The van der Waals surface area contributed by atoms with Gasteiger partial charge in [0, 0.05) is 5.56 Å². The fourth-order valence-electron chi connectivity index (χ4n) is 2.12. The van der Waals surface area contributed by atoms with E-state index in [1.165, 1.54) is 0 Å². The third-order valence-corrected chi connectivity index (χ3v) is 3.10. The van der Waals surface area contributed by atoms with E-state index in [-0.39, 0.29) is 5.62 Å². The van der Waals surface area contributed by atoms with Crippen molar-refractivity contribution in [2.24, 2.45) is 0 Å². The monoisotopic (exact) mass is 237 g/mol. The minimum atomic E-state index is -0.142. The lowest BCUT2D eigenvalue weighted by atomic mass is 9.97. The molecule has 1 aromatic rings. The second-order valence-electron chi connectivity index (χ2n) is 4.39. The zero-order chi connectivity index (χ0) is 12.3. The Hall–Kier alpha value is -1.52. The molecule has 0 bridgehead atoms. The Morgan fingerprint density at radius 1 is 1.41 bits per heavy atom. The van der Waals surface area contributed by atoms with Gasteiger partial charge >= 0.3 is 0 Å². The smallest absolute Gasteiger partial charge is 0.258 e. The van der Waals surface area contributed by atoms with Crippen molar-refractivity contribution in [1.82, 2.24) is 9.71 Å². The molecule has 0 saturated carbocycles. The van der Waals surface area contributed by atoms with Gasteiger partial charge in [0.2, 0.25) is 5.88 Å². The van der Waals surface area contributed by atoms with Gasteiger partial charge in [-0.2, -0.15) is 9.71 Å². The van der Waals surface area contributed by atoms with Gasteiger partial charge in [0.15, 0.2) is 0 Å². The van der Waals surface area contributed by atoms with Gasteiger partial charge in [0.05, 0.1) is 12.3 Å². The predicted molar refractivity (Wildman–Crippen MR) is 62.3 cm³/mol. The molecule has 0 fully saturated rings. The van der Waals surface area contributed by atoms with Crippen LogP contribution in [0.3, 0.4) is 0 Å². The Bertz CT molecular complexity index is 454. The van der Waals surface area contributed by atoms with Crippen molar-refractivity contribution in [2.75, 3.05) is 6.61 Å². The van der Waals surface area contributed by atoms with Crippen molar-refractivity contribution in [3.8, 4) is 5.88 Å². The van der Waals surface area contributed by atoms with Gasteiger partial charge < -0.3 is 9.94 Å². The van der Waals surface area contributed by atoms with Gasteiger partial charge in [-0.15, -0.1) is 0 Å². The van der Waals surface area contributed by atoms with E-state index in [9.17, 15) is 5.21 Å². The third-order valence-electron chi connectivity index (χ3n) is 3.10. The number of fused-ring (bicyclic) bond motifs is 1. The zero-order valence-corrected chi connectivity index (χ0v) is 10.2. The molecule has 2 rings (SSSR count). The van der Waals surface area contributed by atoms with Crippen LogP contribution in [0.5, 0.6) is 5.88 Å². The van der Waals surface area contributed by atoms with Crippen LogP contribution in [0.1, 0.15) is 43.9 Å². The van der Waals surface area contributed by atoms with Gasteiger partial charge in [0.25, 0.3) is 5.62 Å². The minimum Gasteiger partial charge on any atom is -0.477 e. The first-order valence-corrected chi connectivity index (χ1v) is 6.25. The highest BCUT2D eigenvalue weighted by atomic mass is 16.5. The predicted octanol–water partition coefficient (Wildman–Crippen LogP) is 1.66. The highest BCUT2D eigenvalue weighted by molar-refractivity contribution is 5.31. The average Bonchev–Trinajstić information content (AvgIpc) is 2.36. The molecule has 0 amide bonds. The molecule has 1 aliphatic rings. The number of nitrogens with one attached hydrogen (secondary N) is 1. The molecule has 0 unspecified atom stereocenters. The van der Waals surface area contributed by atoms with E-state index < -0.39 is 0 Å². The Kier molecular flexibility index (Phi) is 3.66. The maximum absolute atomic E-state index is 9.75. The maximum Gasteiger partial charge on any atom is 0.258 e. The third kappa shape index (κ3) is 2.43. The molecule has 5 nitrogen and oxygen atoms in total. The molecule has 0 aromatic carbocycles. The highest BCUT2D eigenvalue weighted by Crippen LogP contribution is 2.26. The quantitative estimate of drug-likeness (QED) is 0.618. The van der Waals surface area contributed by atoms with Gasteiger partial charge in [-0.3, -0.25) is 5.41 Å². The average molecular weight is 237 g/mol. The summed E-state index contributed by atoms with van der Waals surface area (Å²) in [4.78, 5) is 4.02. The van der Waals surface area contributed by atoms with Crippen LogP contribution in [0.4, 0.5) is 0 Å². The van der Waals surface area contributed by atoms with E-state index in [1.807, 2.05) is 0 Å². The normalized spacial score (nSPS) is 14.4. The Morgan fingerprint density at radius 2 is 2.18 bits per heavy atom. The Morgan fingerprint density at radius 3 is 2.94 bits per heavy atom. The van der Waals surface area contributed by atoms with Crippen molar-refractivity contribution in [3.05, 3.63) is 16.9 Å². The fraction of sp³-hybridized carbons (Fsp3) is 0.667. The molecule has 94 valence electrons. The number of ether oxygens (including phenoxy) is 1. The van der Waals surface area contributed by atoms with Gasteiger partial charge in [-0.1, -0.05) is 13.3 Å². The lowest BCUT2D eigenvalue weighted by molar-refractivity contribution is 0.147. The number of nitrogens with zero attached hydrogens (tertiary/aromatic N) is 2. The van der Waals surface area contributed by atoms with Crippen molar-refractivity contribution >= 4 is 0 Å². The van der Waals surface area contributed by atoms with Gasteiger partial charge in [-0.25, -0.2) is 0 Å². The number of unbranched alkanes of at least 4 members (excludes halogenated alkanes) is 1. The van der Waals surface area contributed by atoms with Crippen LogP contribution in [0.25, 0.3) is 0 Å². The summed E-state index contributed by atoms with van der Waals surface area (Å²) in [6.07, 6.45) is 5.87. The van der Waals surface area contributed by atoms with Crippen molar-refractivity contribution < 1.29 is 9.94 Å². The van der Waals surface area contributed by atoms with Crippen LogP contribution >= 0.6 is 0 Å². The van der Waals surface area contributed by atoms with Gasteiger partial charge in [-0.05, 0) is 32.1 Å². The largest absolute Gasteiger partial charge is 0.477 e. The molecular formula is C12H19N3O2. The molecule has 0 saturated heterocycles. The van der Waals surface area contributed by atoms with Crippen molar-refractivity contribution in [2.45, 2.75) is 45.4 Å². The molecule has 1 aromatic heterocycles. The van der Waals surface area contributed by atoms with Crippen LogP contribution in [0, 0.1) is 5.41 Å². The molecule has 1 heterocycles. The summed E-state index contributed by atoms with van der Waals surface area (Å²) in [6, 6.07) is 0. The highest BCUT2D eigenvalue weighted by Gasteiger charge is 2.19. The lowest BCUT2D eigenvalue weighted by Crippen LogP contribution is -2.28. The van der Waals surface area contributed by atoms with Crippen LogP contribution in [0.2, 0.25) is 0 Å². The minimum absolute atomic E-state index is 0.142. The van der Waals surface area contributed by atoms with E-state index in [1.54, 1.807) is 0 Å². The number of hydrogen-bond donors (Lipinski definition) is 2. The first-order chi connectivity index (χ1) is 8.24. The SMILES string of the molecule is CCCCOc1nc(=N)n(O)c2c1CCCC2. The summed E-state index contributed by atoms with van der Waals surface area (Å²) in [6.45, 7) is 2.74. The first-order valence-electron chi connectivity index (χ1n) is 6.25. The number of hydrogen-bond acceptors (Lipinski definition) is 4. The van der Waals surface area contributed by atoms with E-state index in [0.29, 0.717) is 12.5 Å². The lowest BCUT2D eigenvalue weighted by Gasteiger charge is -2.20. The van der Waals surface area contributed by atoms with E-state index >= 15 is 0 Å². The molecular weight excluding hydrogens is 218 g/mol. The van der Waals surface area contributed by atoms with E-state index in [2.05, 4.69) is 11.9 Å². The molecule has 5 heteroatoms. The summed E-state index contributed by atoms with van der Waals surface area (Å²) in [7, 11) is 0. The Labute approximate surface area is 101 Å². The Balaban J connectivity index is 2.31. The second kappa shape index (κ2) is 5.21. The van der Waals surface area contributed by atoms with Crippen molar-refractivity contribution in [1.29, 1.82) is 5.41 Å². The van der Waals surface area contributed by atoms with Gasteiger partial charge in [0.1, 0.15) is 0 Å². The van der Waals surface area contributed by atoms with Crippen molar-refractivity contribution in [3.63, 3.8) is 0 Å². The summed E-state index contributed by atoms with van der Waals surface area (Å²) in [5.74, 6) is 0.545. The molecule has 17 heavy (non-hydrogen) atoms. The molecule has 0 atom stereocenters. The molecule has 1 aliphatic carbocycles. The first kappa shape index (κ1) is 12.0. The summed E-state index contributed by atoms with van der Waals surface area (Å²) in [5, 5.41) is 17.4. The molecule has 2 N–H and O–H groups in total. The van der Waals surface area contributed by atoms with Crippen LogP contribution in [-0.4, -0.2) is 21.5 Å². The second-order valence-corrected chi connectivity index (χ2v) is 4.39. The molecule has 0 radical (unpaired) electrons. The van der Waals surface area contributed by atoms with Crippen LogP contribution < -0.4 is 10.4 Å². The molecule has 0 aliphatic heterocycles. The van der Waals surface area contributed by atoms with Crippen LogP contribution in [0.15, 0.2) is 0 Å². The summed E-state index contributed by atoms with van der Waals surface area (Å²) >= 11 is 0. The maximum atomic E-state index is 9.75. The zero-order valence-electron chi connectivity index (χ0n) is 10.2. The fourth-order valence-corrected chi connectivity index (χ4v) is 2.12.